The molecule has 0 fully saturated rings. The van der Waals surface area contributed by atoms with Crippen molar-refractivity contribution < 1.29 is 27.4 Å². The van der Waals surface area contributed by atoms with E-state index in [1.807, 2.05) is 6.07 Å². The summed E-state index contributed by atoms with van der Waals surface area (Å²) < 4.78 is 50.7. The quantitative estimate of drug-likeness (QED) is 0.274. The van der Waals surface area contributed by atoms with Crippen molar-refractivity contribution in [2.24, 2.45) is 5.10 Å². The van der Waals surface area contributed by atoms with Gasteiger partial charge in [-0.05, 0) is 64.8 Å². The minimum atomic E-state index is -4.55. The first-order chi connectivity index (χ1) is 16.7. The van der Waals surface area contributed by atoms with Crippen LogP contribution in [0.2, 0.25) is 0 Å². The highest BCUT2D eigenvalue weighted by atomic mass is 79.9. The molecule has 0 saturated heterocycles. The van der Waals surface area contributed by atoms with Crippen LogP contribution in [-0.4, -0.2) is 18.7 Å². The number of nitrogens with one attached hydrogen (secondary N) is 1. The van der Waals surface area contributed by atoms with Crippen molar-refractivity contribution in [2.75, 3.05) is 6.61 Å². The Morgan fingerprint density at radius 2 is 1.91 bits per heavy atom. The number of amides is 1. The lowest BCUT2D eigenvalue weighted by Gasteiger charge is -2.15. The first kappa shape index (κ1) is 25.8. The average Bonchev–Trinajstić information content (AvgIpc) is 2.83. The van der Waals surface area contributed by atoms with Gasteiger partial charge in [0, 0.05) is 11.1 Å². The lowest BCUT2D eigenvalue weighted by Crippen LogP contribution is -2.18. The van der Waals surface area contributed by atoms with E-state index in [9.17, 15) is 23.2 Å². The molecule has 0 aliphatic heterocycles. The van der Waals surface area contributed by atoms with Gasteiger partial charge < -0.3 is 9.47 Å². The summed E-state index contributed by atoms with van der Waals surface area (Å²) in [5.74, 6) is 0.0410. The van der Waals surface area contributed by atoms with Crippen molar-refractivity contribution in [1.82, 2.24) is 5.43 Å². The first-order valence-electron chi connectivity index (χ1n) is 10.3. The fraction of sp³-hybridized carbons (Fsp3) is 0.160. The standard InChI is InChI=1S/C25H19BrF3N3O3/c1-2-34-22-11-16(10-21(26)23(22)35-15-19-7-4-3-6-18(19)13-30)14-31-32-24(33)17-8-5-9-20(12-17)25(27,28)29/h3-12,14H,2,15H2,1H3,(H,32,33)/b31-14-. The van der Waals surface area contributed by atoms with E-state index in [0.717, 1.165) is 18.2 Å². The summed E-state index contributed by atoms with van der Waals surface area (Å²) in [5, 5.41) is 13.1. The van der Waals surface area contributed by atoms with Crippen LogP contribution >= 0.6 is 15.9 Å². The molecule has 0 atom stereocenters. The SMILES string of the molecule is CCOc1cc(/C=N\NC(=O)c2cccc(C(F)(F)F)c2)cc(Br)c1OCc1ccccc1C#N. The molecule has 0 unspecified atom stereocenters. The highest BCUT2D eigenvalue weighted by molar-refractivity contribution is 9.10. The predicted octanol–water partition coefficient (Wildman–Crippen LogP) is 6.08. The Kier molecular flexibility index (Phi) is 8.49. The van der Waals surface area contributed by atoms with E-state index < -0.39 is 17.6 Å². The molecule has 3 rings (SSSR count). The number of rotatable bonds is 8. The minimum Gasteiger partial charge on any atom is -0.490 e. The number of carbonyl (C=O) groups is 1. The Balaban J connectivity index is 1.75. The molecule has 6 nitrogen and oxygen atoms in total. The van der Waals surface area contributed by atoms with E-state index >= 15 is 0 Å². The smallest absolute Gasteiger partial charge is 0.416 e. The lowest BCUT2D eigenvalue weighted by molar-refractivity contribution is -0.137. The van der Waals surface area contributed by atoms with Gasteiger partial charge in [0.05, 0.1) is 34.5 Å². The topological polar surface area (TPSA) is 83.7 Å². The zero-order valence-corrected chi connectivity index (χ0v) is 20.0. The molecule has 0 radical (unpaired) electrons. The van der Waals surface area contributed by atoms with Gasteiger partial charge in [0.25, 0.3) is 5.91 Å². The summed E-state index contributed by atoms with van der Waals surface area (Å²) in [7, 11) is 0. The zero-order valence-electron chi connectivity index (χ0n) is 18.4. The summed E-state index contributed by atoms with van der Waals surface area (Å²) in [6, 6.07) is 16.6. The van der Waals surface area contributed by atoms with Crippen LogP contribution < -0.4 is 14.9 Å². The van der Waals surface area contributed by atoms with Gasteiger partial charge in [-0.1, -0.05) is 24.3 Å². The maximum absolute atomic E-state index is 12.9. The molecule has 0 aliphatic rings. The number of nitriles is 1. The predicted molar refractivity (Wildman–Crippen MR) is 127 cm³/mol. The molecule has 0 aromatic heterocycles. The summed E-state index contributed by atoms with van der Waals surface area (Å²) in [6.07, 6.45) is -3.23. The normalized spacial score (nSPS) is 11.2. The van der Waals surface area contributed by atoms with E-state index in [-0.39, 0.29) is 12.2 Å². The molecular formula is C25H19BrF3N3O3. The minimum absolute atomic E-state index is 0.142. The molecule has 10 heteroatoms. The van der Waals surface area contributed by atoms with Crippen LogP contribution in [0.1, 0.15) is 39.5 Å². The number of hydrogen-bond donors (Lipinski definition) is 1. The van der Waals surface area contributed by atoms with Gasteiger partial charge in [-0.3, -0.25) is 4.79 Å². The third kappa shape index (κ3) is 6.83. The Morgan fingerprint density at radius 3 is 2.63 bits per heavy atom. The number of halogens is 4. The van der Waals surface area contributed by atoms with Crippen molar-refractivity contribution in [2.45, 2.75) is 19.7 Å². The Bertz CT molecular complexity index is 1290. The fourth-order valence-corrected chi connectivity index (χ4v) is 3.61. The number of carbonyl (C=O) groups excluding carboxylic acids is 1. The van der Waals surface area contributed by atoms with E-state index in [0.29, 0.717) is 39.3 Å². The van der Waals surface area contributed by atoms with Crippen LogP contribution in [0, 0.1) is 11.3 Å². The molecule has 0 aliphatic carbocycles. The molecule has 3 aromatic rings. The first-order valence-corrected chi connectivity index (χ1v) is 11.1. The molecule has 0 spiro atoms. The van der Waals surface area contributed by atoms with E-state index in [2.05, 4.69) is 32.5 Å². The van der Waals surface area contributed by atoms with Crippen LogP contribution in [0.25, 0.3) is 0 Å². The molecular weight excluding hydrogens is 527 g/mol. The number of alkyl halides is 3. The summed E-state index contributed by atoms with van der Waals surface area (Å²) in [6.45, 7) is 2.30. The highest BCUT2D eigenvalue weighted by Crippen LogP contribution is 2.37. The van der Waals surface area contributed by atoms with Gasteiger partial charge >= 0.3 is 6.18 Å². The van der Waals surface area contributed by atoms with Crippen LogP contribution in [0.15, 0.2) is 70.2 Å². The molecule has 3 aromatic carbocycles. The van der Waals surface area contributed by atoms with Gasteiger partial charge in [-0.2, -0.15) is 23.5 Å². The second-order valence-electron chi connectivity index (χ2n) is 7.10. The third-order valence-electron chi connectivity index (χ3n) is 4.67. The zero-order chi connectivity index (χ0) is 25.4. The van der Waals surface area contributed by atoms with Crippen molar-refractivity contribution in [1.29, 1.82) is 5.26 Å². The summed E-state index contributed by atoms with van der Waals surface area (Å²) >= 11 is 3.44. The van der Waals surface area contributed by atoms with Crippen molar-refractivity contribution in [3.05, 3.63) is 93.0 Å². The molecule has 0 saturated carbocycles. The van der Waals surface area contributed by atoms with Gasteiger partial charge in [0.1, 0.15) is 6.61 Å². The van der Waals surface area contributed by atoms with E-state index in [1.54, 1.807) is 37.3 Å². The second-order valence-corrected chi connectivity index (χ2v) is 7.95. The largest absolute Gasteiger partial charge is 0.490 e. The van der Waals surface area contributed by atoms with Gasteiger partial charge in [0.2, 0.25) is 0 Å². The van der Waals surface area contributed by atoms with Gasteiger partial charge in [0.15, 0.2) is 11.5 Å². The second kappa shape index (κ2) is 11.5. The van der Waals surface area contributed by atoms with Crippen molar-refractivity contribution in [3.8, 4) is 17.6 Å². The third-order valence-corrected chi connectivity index (χ3v) is 5.26. The summed E-state index contributed by atoms with van der Waals surface area (Å²) in [5.41, 5.74) is 2.87. The highest BCUT2D eigenvalue weighted by Gasteiger charge is 2.30. The lowest BCUT2D eigenvalue weighted by atomic mass is 10.1. The van der Waals surface area contributed by atoms with Crippen molar-refractivity contribution >= 4 is 28.1 Å². The monoisotopic (exact) mass is 545 g/mol. The molecule has 35 heavy (non-hydrogen) atoms. The Hall–Kier alpha value is -3.84. The number of hydrazone groups is 1. The van der Waals surface area contributed by atoms with E-state index in [1.165, 1.54) is 12.3 Å². The number of ether oxygens (including phenoxy) is 2. The maximum atomic E-state index is 12.9. The number of hydrogen-bond acceptors (Lipinski definition) is 5. The fourth-order valence-electron chi connectivity index (χ4n) is 3.04. The van der Waals surface area contributed by atoms with Gasteiger partial charge in [-0.25, -0.2) is 5.43 Å². The van der Waals surface area contributed by atoms with Crippen LogP contribution in [0.4, 0.5) is 13.2 Å². The molecule has 1 amide bonds. The Labute approximate surface area is 208 Å². The van der Waals surface area contributed by atoms with Crippen LogP contribution in [0.3, 0.4) is 0 Å². The van der Waals surface area contributed by atoms with Crippen LogP contribution in [-0.2, 0) is 12.8 Å². The molecule has 0 heterocycles. The number of benzene rings is 3. The molecule has 1 N–H and O–H groups in total. The molecule has 180 valence electrons. The average molecular weight is 546 g/mol. The van der Waals surface area contributed by atoms with Gasteiger partial charge in [-0.15, -0.1) is 0 Å². The maximum Gasteiger partial charge on any atom is 0.416 e. The van der Waals surface area contributed by atoms with Crippen molar-refractivity contribution in [3.63, 3.8) is 0 Å². The van der Waals surface area contributed by atoms with E-state index in [4.69, 9.17) is 9.47 Å². The number of nitrogens with zero attached hydrogens (tertiary/aromatic N) is 2. The van der Waals surface area contributed by atoms with Crippen LogP contribution in [0.5, 0.6) is 11.5 Å². The molecule has 0 bridgehead atoms. The summed E-state index contributed by atoms with van der Waals surface area (Å²) in [4.78, 5) is 12.2. The Morgan fingerprint density at radius 1 is 1.14 bits per heavy atom.